The number of rotatable bonds is 5. The third kappa shape index (κ3) is 4.15. The van der Waals surface area contributed by atoms with E-state index in [1.165, 1.54) is 4.90 Å². The summed E-state index contributed by atoms with van der Waals surface area (Å²) in [4.78, 5) is 28.3. The maximum absolute atomic E-state index is 12.6. The van der Waals surface area contributed by atoms with E-state index in [0.29, 0.717) is 13.0 Å². The Morgan fingerprint density at radius 2 is 1.64 bits per heavy atom. The van der Waals surface area contributed by atoms with Crippen molar-refractivity contribution in [1.29, 1.82) is 0 Å². The highest BCUT2D eigenvalue weighted by Gasteiger charge is 2.36. The Bertz CT molecular complexity index is 756. The molecule has 3 rings (SSSR count). The van der Waals surface area contributed by atoms with Crippen molar-refractivity contribution >= 4 is 17.9 Å². The van der Waals surface area contributed by atoms with Crippen molar-refractivity contribution in [2.75, 3.05) is 20.1 Å². The van der Waals surface area contributed by atoms with Gasteiger partial charge < -0.3 is 9.80 Å². The number of hydrogen-bond acceptors (Lipinski definition) is 2. The van der Waals surface area contributed by atoms with Crippen LogP contribution < -0.4 is 0 Å². The third-order valence-electron chi connectivity index (χ3n) is 4.41. The second-order valence-corrected chi connectivity index (χ2v) is 6.26. The van der Waals surface area contributed by atoms with Gasteiger partial charge in [0.05, 0.1) is 6.54 Å². The average Bonchev–Trinajstić information content (AvgIpc) is 2.63. The van der Waals surface area contributed by atoms with Crippen LogP contribution in [0.4, 0.5) is 0 Å². The maximum Gasteiger partial charge on any atom is 0.245 e. The van der Waals surface area contributed by atoms with Crippen LogP contribution in [0, 0.1) is 0 Å². The zero-order valence-corrected chi connectivity index (χ0v) is 14.3. The molecular weight excluding hydrogens is 312 g/mol. The molecule has 1 atom stereocenters. The molecule has 0 bridgehead atoms. The van der Waals surface area contributed by atoms with Gasteiger partial charge in [0.15, 0.2) is 0 Å². The van der Waals surface area contributed by atoms with Crippen molar-refractivity contribution in [3.05, 3.63) is 77.9 Å². The first-order valence-corrected chi connectivity index (χ1v) is 8.45. The summed E-state index contributed by atoms with van der Waals surface area (Å²) in [6, 6.07) is 19.3. The minimum atomic E-state index is -0.450. The van der Waals surface area contributed by atoms with Crippen molar-refractivity contribution in [1.82, 2.24) is 9.80 Å². The van der Waals surface area contributed by atoms with Crippen molar-refractivity contribution in [3.63, 3.8) is 0 Å². The van der Waals surface area contributed by atoms with Gasteiger partial charge in [0.1, 0.15) is 6.04 Å². The van der Waals surface area contributed by atoms with Gasteiger partial charge in [-0.1, -0.05) is 72.8 Å². The van der Waals surface area contributed by atoms with Gasteiger partial charge in [-0.3, -0.25) is 9.59 Å². The molecule has 1 aliphatic heterocycles. The standard InChI is InChI=1S/C21H22N2O2/c1-22-16-20(24)23(14-8-13-17-9-4-2-5-10-17)19(21(22)25)15-18-11-6-3-7-12-18/h2-13,19H,14-16H2,1H3/t19-/m0/s1. The lowest BCUT2D eigenvalue weighted by Crippen LogP contribution is -2.59. The fourth-order valence-corrected chi connectivity index (χ4v) is 3.06. The number of amides is 2. The summed E-state index contributed by atoms with van der Waals surface area (Å²) in [5.41, 5.74) is 2.14. The second-order valence-electron chi connectivity index (χ2n) is 6.26. The van der Waals surface area contributed by atoms with Gasteiger partial charge in [-0.2, -0.15) is 0 Å². The van der Waals surface area contributed by atoms with Gasteiger partial charge in [0.25, 0.3) is 0 Å². The average molecular weight is 334 g/mol. The normalized spacial score (nSPS) is 18.2. The van der Waals surface area contributed by atoms with Crippen LogP contribution in [0.15, 0.2) is 66.7 Å². The SMILES string of the molecule is CN1CC(=O)N(CC=Cc2ccccc2)[C@@H](Cc2ccccc2)C1=O. The molecular formula is C21H22N2O2. The summed E-state index contributed by atoms with van der Waals surface area (Å²) in [6.45, 7) is 0.577. The predicted octanol–water partition coefficient (Wildman–Crippen LogP) is 2.61. The van der Waals surface area contributed by atoms with Crippen LogP contribution in [-0.4, -0.2) is 47.8 Å². The van der Waals surface area contributed by atoms with E-state index in [-0.39, 0.29) is 18.4 Å². The number of benzene rings is 2. The Hall–Kier alpha value is -2.88. The van der Waals surface area contributed by atoms with Gasteiger partial charge in [0.2, 0.25) is 11.8 Å². The Kier molecular flexibility index (Phi) is 5.29. The summed E-state index contributed by atoms with van der Waals surface area (Å²) >= 11 is 0. The zero-order chi connectivity index (χ0) is 17.6. The topological polar surface area (TPSA) is 40.6 Å². The van der Waals surface area contributed by atoms with Crippen LogP contribution in [0.2, 0.25) is 0 Å². The Labute approximate surface area is 148 Å². The maximum atomic E-state index is 12.6. The minimum absolute atomic E-state index is 0.00318. The number of hydrogen-bond donors (Lipinski definition) is 0. The molecule has 0 saturated carbocycles. The molecule has 4 nitrogen and oxygen atoms in total. The lowest BCUT2D eigenvalue weighted by molar-refractivity contribution is -0.153. The predicted molar refractivity (Wildman–Crippen MR) is 98.8 cm³/mol. The fourth-order valence-electron chi connectivity index (χ4n) is 3.06. The number of carbonyl (C=O) groups excluding carboxylic acids is 2. The largest absolute Gasteiger partial charge is 0.335 e. The van der Waals surface area contributed by atoms with Crippen molar-refractivity contribution in [2.45, 2.75) is 12.5 Å². The molecule has 25 heavy (non-hydrogen) atoms. The molecule has 2 aromatic rings. The monoisotopic (exact) mass is 334 g/mol. The number of likely N-dealkylation sites (N-methyl/N-ethyl adjacent to an activating group) is 1. The lowest BCUT2D eigenvalue weighted by Gasteiger charge is -2.38. The third-order valence-corrected chi connectivity index (χ3v) is 4.41. The van der Waals surface area contributed by atoms with Crippen LogP contribution >= 0.6 is 0 Å². The second kappa shape index (κ2) is 7.79. The summed E-state index contributed by atoms with van der Waals surface area (Å²) in [7, 11) is 1.69. The summed E-state index contributed by atoms with van der Waals surface area (Å²) < 4.78 is 0. The van der Waals surface area contributed by atoms with E-state index in [4.69, 9.17) is 0 Å². The van der Waals surface area contributed by atoms with Crippen LogP contribution in [0.1, 0.15) is 11.1 Å². The lowest BCUT2D eigenvalue weighted by atomic mass is 10.0. The Morgan fingerprint density at radius 1 is 1.00 bits per heavy atom. The van der Waals surface area contributed by atoms with Crippen molar-refractivity contribution < 1.29 is 9.59 Å². The molecule has 1 aliphatic rings. The van der Waals surface area contributed by atoms with Crippen LogP contribution in [-0.2, 0) is 16.0 Å². The van der Waals surface area contributed by atoms with Gasteiger partial charge in [-0.15, -0.1) is 0 Å². The first-order chi connectivity index (χ1) is 12.1. The van der Waals surface area contributed by atoms with E-state index in [1.807, 2.05) is 72.8 Å². The molecule has 1 heterocycles. The van der Waals surface area contributed by atoms with Gasteiger partial charge in [-0.25, -0.2) is 0 Å². The zero-order valence-electron chi connectivity index (χ0n) is 14.3. The Morgan fingerprint density at radius 3 is 2.32 bits per heavy atom. The summed E-state index contributed by atoms with van der Waals surface area (Å²) in [5.74, 6) is -0.0164. The highest BCUT2D eigenvalue weighted by atomic mass is 16.2. The van der Waals surface area contributed by atoms with E-state index < -0.39 is 6.04 Å². The molecule has 128 valence electrons. The fraction of sp³-hybridized carbons (Fsp3) is 0.238. The quantitative estimate of drug-likeness (QED) is 0.843. The molecule has 0 spiro atoms. The summed E-state index contributed by atoms with van der Waals surface area (Å²) in [5, 5.41) is 0. The van der Waals surface area contributed by atoms with E-state index in [0.717, 1.165) is 11.1 Å². The first-order valence-electron chi connectivity index (χ1n) is 8.45. The minimum Gasteiger partial charge on any atom is -0.335 e. The van der Waals surface area contributed by atoms with Crippen molar-refractivity contribution in [3.8, 4) is 0 Å². The van der Waals surface area contributed by atoms with Gasteiger partial charge in [-0.05, 0) is 11.1 Å². The molecule has 2 amide bonds. The number of carbonyl (C=O) groups is 2. The van der Waals surface area contributed by atoms with Gasteiger partial charge in [0, 0.05) is 20.0 Å². The highest BCUT2D eigenvalue weighted by Crippen LogP contribution is 2.17. The molecule has 1 saturated heterocycles. The first kappa shape index (κ1) is 17.0. The highest BCUT2D eigenvalue weighted by molar-refractivity contribution is 5.95. The van der Waals surface area contributed by atoms with Crippen LogP contribution in [0.5, 0.6) is 0 Å². The van der Waals surface area contributed by atoms with E-state index in [9.17, 15) is 9.59 Å². The van der Waals surface area contributed by atoms with E-state index >= 15 is 0 Å². The Balaban J connectivity index is 1.76. The molecule has 1 fully saturated rings. The molecule has 0 aromatic heterocycles. The molecule has 0 unspecified atom stereocenters. The van der Waals surface area contributed by atoms with E-state index in [2.05, 4.69) is 0 Å². The molecule has 4 heteroatoms. The molecule has 0 aliphatic carbocycles. The van der Waals surface area contributed by atoms with Crippen LogP contribution in [0.3, 0.4) is 0 Å². The van der Waals surface area contributed by atoms with E-state index in [1.54, 1.807) is 11.9 Å². The molecule has 0 N–H and O–H groups in total. The smallest absolute Gasteiger partial charge is 0.245 e. The number of piperazine rings is 1. The number of nitrogens with zero attached hydrogens (tertiary/aromatic N) is 2. The molecule has 0 radical (unpaired) electrons. The van der Waals surface area contributed by atoms with Crippen LogP contribution in [0.25, 0.3) is 6.08 Å². The summed E-state index contributed by atoms with van der Waals surface area (Å²) in [6.07, 6.45) is 4.47. The van der Waals surface area contributed by atoms with Crippen molar-refractivity contribution in [2.24, 2.45) is 0 Å². The molecule has 2 aromatic carbocycles. The van der Waals surface area contributed by atoms with Gasteiger partial charge >= 0.3 is 0 Å².